The van der Waals surface area contributed by atoms with Gasteiger partial charge in [0.1, 0.15) is 17.7 Å². The van der Waals surface area contributed by atoms with Crippen LogP contribution in [0.4, 0.5) is 4.79 Å². The number of rotatable bonds is 13. The largest absolute Gasteiger partial charge is 0.444 e. The van der Waals surface area contributed by atoms with Crippen molar-refractivity contribution in [2.24, 2.45) is 0 Å². The maximum absolute atomic E-state index is 14.5. The molecule has 0 radical (unpaired) electrons. The number of fused-ring (bicyclic) bond motifs is 1. The Morgan fingerprint density at radius 1 is 0.812 bits per heavy atom. The fourth-order valence-corrected chi connectivity index (χ4v) is 5.89. The van der Waals surface area contributed by atoms with E-state index >= 15 is 0 Å². The maximum Gasteiger partial charge on any atom is 0.408 e. The van der Waals surface area contributed by atoms with E-state index < -0.39 is 29.3 Å². The van der Waals surface area contributed by atoms with E-state index in [-0.39, 0.29) is 24.1 Å². The van der Waals surface area contributed by atoms with Crippen LogP contribution in [0.5, 0.6) is 0 Å². The molecule has 1 N–H and O–H groups in total. The third kappa shape index (κ3) is 10.9. The zero-order valence-corrected chi connectivity index (χ0v) is 30.8. The Balaban J connectivity index is 1.90. The van der Waals surface area contributed by atoms with Gasteiger partial charge in [-0.1, -0.05) is 54.6 Å². The Hall–Kier alpha value is -4.22. The number of amides is 4. The number of carbonyl (C=O) groups excluding carboxylic acids is 4. The van der Waals surface area contributed by atoms with Crippen LogP contribution in [0, 0.1) is 0 Å². The first-order valence-corrected chi connectivity index (χ1v) is 16.9. The van der Waals surface area contributed by atoms with Crippen LogP contribution >= 0.6 is 11.3 Å². The molecule has 260 valence electrons. The molecular weight excluding hydrogens is 627 g/mol. The summed E-state index contributed by atoms with van der Waals surface area (Å²) in [6, 6.07) is 16.2. The highest BCUT2D eigenvalue weighted by Crippen LogP contribution is 2.22. The van der Waals surface area contributed by atoms with Crippen molar-refractivity contribution in [3.63, 3.8) is 0 Å². The molecule has 0 fully saturated rings. The summed E-state index contributed by atoms with van der Waals surface area (Å²) in [5.74, 6) is -0.953. The zero-order valence-electron chi connectivity index (χ0n) is 29.9. The fraction of sp³-hybridized carbons (Fsp3) is 0.459. The van der Waals surface area contributed by atoms with Gasteiger partial charge < -0.3 is 19.9 Å². The van der Waals surface area contributed by atoms with Crippen molar-refractivity contribution in [1.82, 2.24) is 25.1 Å². The number of nitrogens with one attached hydrogen (secondary N) is 1. The monoisotopic (exact) mass is 677 g/mol. The summed E-state index contributed by atoms with van der Waals surface area (Å²) in [6.45, 7) is 9.06. The Morgan fingerprint density at radius 2 is 1.46 bits per heavy atom. The fourth-order valence-electron chi connectivity index (χ4n) is 5.15. The number of hydrogen-bond donors (Lipinski definition) is 1. The van der Waals surface area contributed by atoms with Gasteiger partial charge in [-0.3, -0.25) is 19.4 Å². The molecule has 3 aromatic rings. The van der Waals surface area contributed by atoms with Crippen molar-refractivity contribution >= 4 is 45.9 Å². The van der Waals surface area contributed by atoms with Gasteiger partial charge in [-0.2, -0.15) is 0 Å². The summed E-state index contributed by atoms with van der Waals surface area (Å²) in [5, 5.41) is 10.1. The molecule has 0 spiro atoms. The topological polar surface area (TPSA) is 102 Å². The molecular formula is C37H51N5O5S. The molecule has 48 heavy (non-hydrogen) atoms. The number of hydrazine groups is 1. The first kappa shape index (κ1) is 38.2. The van der Waals surface area contributed by atoms with E-state index in [0.29, 0.717) is 12.8 Å². The lowest BCUT2D eigenvalue weighted by atomic mass is 9.98. The van der Waals surface area contributed by atoms with E-state index in [1.807, 2.05) is 73.8 Å². The SMILES string of the molecule is CN(C(=O)/C=C/CC(C)(C)NC(=O)OC(C)(C)C)[C@H](Cc1ccc2ccccc2c1)C(=O)N(C)[C@H](Cc1cccs1)C(=O)N(C)N(C)C. The van der Waals surface area contributed by atoms with Crippen molar-refractivity contribution in [2.45, 2.75) is 77.1 Å². The van der Waals surface area contributed by atoms with Crippen LogP contribution in [0.25, 0.3) is 10.8 Å². The minimum Gasteiger partial charge on any atom is -0.444 e. The number of carbonyl (C=O) groups is 4. The van der Waals surface area contributed by atoms with E-state index in [1.165, 1.54) is 32.2 Å². The Labute approximate surface area is 289 Å². The number of hydrogen-bond acceptors (Lipinski definition) is 7. The lowest BCUT2D eigenvalue weighted by molar-refractivity contribution is -0.154. The van der Waals surface area contributed by atoms with Crippen LogP contribution in [0.3, 0.4) is 0 Å². The molecule has 0 unspecified atom stereocenters. The third-order valence-corrected chi connectivity index (χ3v) is 8.96. The van der Waals surface area contributed by atoms with Crippen LogP contribution in [-0.4, -0.2) is 102 Å². The quantitative estimate of drug-likeness (QED) is 0.189. The predicted molar refractivity (Wildman–Crippen MR) is 192 cm³/mol. The summed E-state index contributed by atoms with van der Waals surface area (Å²) in [4.78, 5) is 58.1. The van der Waals surface area contributed by atoms with Crippen molar-refractivity contribution in [3.8, 4) is 0 Å². The Bertz CT molecular complexity index is 1590. The van der Waals surface area contributed by atoms with Gasteiger partial charge in [0, 0.05) is 58.5 Å². The highest BCUT2D eigenvalue weighted by Gasteiger charge is 2.36. The minimum absolute atomic E-state index is 0.234. The second kappa shape index (κ2) is 16.3. The molecule has 0 aliphatic heterocycles. The van der Waals surface area contributed by atoms with Gasteiger partial charge >= 0.3 is 6.09 Å². The molecule has 3 rings (SSSR count). The van der Waals surface area contributed by atoms with Crippen LogP contribution in [0.2, 0.25) is 0 Å². The molecule has 0 aliphatic carbocycles. The molecule has 10 nitrogen and oxygen atoms in total. The molecule has 1 aromatic heterocycles. The van der Waals surface area contributed by atoms with E-state index in [9.17, 15) is 19.2 Å². The second-order valence-electron chi connectivity index (χ2n) is 13.9. The summed E-state index contributed by atoms with van der Waals surface area (Å²) in [6.07, 6.45) is 3.51. The standard InChI is InChI=1S/C37H51N5O5S/c1-36(2,3)47-35(46)38-37(4,5)21-13-18-32(43)40(8)30(24-26-19-20-27-15-11-12-16-28(27)23-26)33(44)41(9)31(25-29-17-14-22-48-29)34(45)42(10)39(6)7/h11-20,22-23,30-31H,21,24-25H2,1-10H3,(H,38,46)/b18-13+/t30-,31-/m1/s1. The zero-order chi connectivity index (χ0) is 35.8. The average Bonchev–Trinajstić information content (AvgIpc) is 3.52. The van der Waals surface area contributed by atoms with Crippen LogP contribution in [0.1, 0.15) is 51.5 Å². The van der Waals surface area contributed by atoms with Crippen molar-refractivity contribution in [1.29, 1.82) is 0 Å². The highest BCUT2D eigenvalue weighted by atomic mass is 32.1. The lowest BCUT2D eigenvalue weighted by Gasteiger charge is -2.36. The van der Waals surface area contributed by atoms with Crippen LogP contribution < -0.4 is 5.32 Å². The van der Waals surface area contributed by atoms with Gasteiger partial charge in [0.25, 0.3) is 5.91 Å². The number of thiophene rings is 1. The number of ether oxygens (including phenoxy) is 1. The first-order chi connectivity index (χ1) is 22.4. The molecule has 0 saturated carbocycles. The van der Waals surface area contributed by atoms with Gasteiger partial charge in [0.05, 0.1) is 0 Å². The van der Waals surface area contributed by atoms with Gasteiger partial charge in [-0.05, 0) is 74.9 Å². The highest BCUT2D eigenvalue weighted by molar-refractivity contribution is 7.09. The van der Waals surface area contributed by atoms with E-state index in [1.54, 1.807) is 67.1 Å². The summed E-state index contributed by atoms with van der Waals surface area (Å²) < 4.78 is 5.38. The van der Waals surface area contributed by atoms with E-state index in [4.69, 9.17) is 4.74 Å². The number of nitrogens with zero attached hydrogens (tertiary/aromatic N) is 4. The van der Waals surface area contributed by atoms with Crippen LogP contribution in [0.15, 0.2) is 72.1 Å². The van der Waals surface area contributed by atoms with E-state index in [2.05, 4.69) is 5.32 Å². The molecule has 2 aromatic carbocycles. The lowest BCUT2D eigenvalue weighted by Crippen LogP contribution is -2.57. The summed E-state index contributed by atoms with van der Waals surface area (Å²) >= 11 is 1.53. The Kier molecular flexibility index (Phi) is 12.9. The second-order valence-corrected chi connectivity index (χ2v) is 15.0. The smallest absolute Gasteiger partial charge is 0.408 e. The third-order valence-electron chi connectivity index (χ3n) is 8.06. The summed E-state index contributed by atoms with van der Waals surface area (Å²) in [5.41, 5.74) is -0.436. The molecule has 4 amide bonds. The average molecular weight is 678 g/mol. The maximum atomic E-state index is 14.5. The first-order valence-electron chi connectivity index (χ1n) is 16.0. The normalized spacial score (nSPS) is 13.3. The van der Waals surface area contributed by atoms with Crippen molar-refractivity contribution in [3.05, 3.63) is 82.6 Å². The number of alkyl carbamates (subject to hydrolysis) is 1. The van der Waals surface area contributed by atoms with Crippen molar-refractivity contribution in [2.75, 3.05) is 35.2 Å². The molecule has 1 heterocycles. The molecule has 11 heteroatoms. The van der Waals surface area contributed by atoms with Gasteiger partial charge in [-0.25, -0.2) is 9.80 Å². The molecule has 2 atom stereocenters. The molecule has 0 bridgehead atoms. The molecule has 0 saturated heterocycles. The van der Waals surface area contributed by atoms with Gasteiger partial charge in [-0.15, -0.1) is 11.3 Å². The van der Waals surface area contributed by atoms with Gasteiger partial charge in [0.2, 0.25) is 11.8 Å². The van der Waals surface area contributed by atoms with Gasteiger partial charge in [0.15, 0.2) is 0 Å². The summed E-state index contributed by atoms with van der Waals surface area (Å²) in [7, 11) is 8.46. The predicted octanol–water partition coefficient (Wildman–Crippen LogP) is 5.53. The van der Waals surface area contributed by atoms with Crippen molar-refractivity contribution < 1.29 is 23.9 Å². The molecule has 0 aliphatic rings. The number of benzene rings is 2. The van der Waals surface area contributed by atoms with Crippen LogP contribution in [-0.2, 0) is 32.0 Å². The minimum atomic E-state index is -0.899. The Morgan fingerprint density at radius 3 is 2.06 bits per heavy atom. The van der Waals surface area contributed by atoms with E-state index in [0.717, 1.165) is 21.2 Å². The number of likely N-dealkylation sites (N-methyl/N-ethyl adjacent to an activating group) is 3.